The van der Waals surface area contributed by atoms with E-state index in [4.69, 9.17) is 5.26 Å². The van der Waals surface area contributed by atoms with Crippen LogP contribution in [0.2, 0.25) is 0 Å². The molecule has 72 valence electrons. The summed E-state index contributed by atoms with van der Waals surface area (Å²) in [5.41, 5.74) is 8.56. The van der Waals surface area contributed by atoms with Crippen molar-refractivity contribution in [3.05, 3.63) is 35.4 Å². The fraction of sp³-hybridized carbons (Fsp3) is 0.364. The maximum absolute atomic E-state index is 8.94. The Kier molecular flexibility index (Phi) is 2.49. The molecule has 3 nitrogen and oxygen atoms in total. The van der Waals surface area contributed by atoms with Gasteiger partial charge in [0.1, 0.15) is 0 Å². The van der Waals surface area contributed by atoms with Crippen LogP contribution in [0.15, 0.2) is 24.3 Å². The molecule has 14 heavy (non-hydrogen) atoms. The zero-order valence-corrected chi connectivity index (χ0v) is 8.12. The number of nitrogens with one attached hydrogen (secondary N) is 2. The van der Waals surface area contributed by atoms with Crippen LogP contribution < -0.4 is 10.9 Å². The molecule has 1 heterocycles. The SMILES string of the molecule is Cc1cccc(C2NNCC2C#N)c1. The number of nitrogens with zero attached hydrogens (tertiary/aromatic N) is 1. The van der Waals surface area contributed by atoms with Crippen LogP contribution in [0.3, 0.4) is 0 Å². The van der Waals surface area contributed by atoms with Crippen molar-refractivity contribution in [2.75, 3.05) is 6.54 Å². The highest BCUT2D eigenvalue weighted by Crippen LogP contribution is 2.24. The second-order valence-electron chi connectivity index (χ2n) is 3.65. The van der Waals surface area contributed by atoms with E-state index >= 15 is 0 Å². The van der Waals surface area contributed by atoms with Crippen molar-refractivity contribution in [2.24, 2.45) is 5.92 Å². The van der Waals surface area contributed by atoms with Crippen molar-refractivity contribution in [1.82, 2.24) is 10.9 Å². The van der Waals surface area contributed by atoms with E-state index in [0.717, 1.165) is 6.54 Å². The van der Waals surface area contributed by atoms with Crippen molar-refractivity contribution in [2.45, 2.75) is 13.0 Å². The average molecular weight is 187 g/mol. The van der Waals surface area contributed by atoms with Gasteiger partial charge in [0.05, 0.1) is 18.0 Å². The average Bonchev–Trinajstić information content (AvgIpc) is 2.65. The van der Waals surface area contributed by atoms with Crippen LogP contribution in [0, 0.1) is 24.2 Å². The van der Waals surface area contributed by atoms with Crippen LogP contribution in [0.1, 0.15) is 17.2 Å². The second kappa shape index (κ2) is 3.79. The third kappa shape index (κ3) is 1.63. The van der Waals surface area contributed by atoms with E-state index in [1.165, 1.54) is 11.1 Å². The van der Waals surface area contributed by atoms with Crippen LogP contribution in [0.5, 0.6) is 0 Å². The first-order valence-corrected chi connectivity index (χ1v) is 4.76. The molecule has 0 spiro atoms. The molecule has 2 rings (SSSR count). The molecule has 0 aromatic heterocycles. The molecule has 1 aromatic carbocycles. The topological polar surface area (TPSA) is 47.8 Å². The van der Waals surface area contributed by atoms with Crippen LogP contribution >= 0.6 is 0 Å². The quantitative estimate of drug-likeness (QED) is 0.696. The monoisotopic (exact) mass is 187 g/mol. The van der Waals surface area contributed by atoms with Crippen LogP contribution in [0.4, 0.5) is 0 Å². The van der Waals surface area contributed by atoms with Crippen LogP contribution in [-0.4, -0.2) is 6.54 Å². The molecule has 2 unspecified atom stereocenters. The Morgan fingerprint density at radius 3 is 3.07 bits per heavy atom. The van der Waals surface area contributed by atoms with Gasteiger partial charge in [-0.15, -0.1) is 0 Å². The Morgan fingerprint density at radius 1 is 1.50 bits per heavy atom. The van der Waals surface area contributed by atoms with Gasteiger partial charge in [0, 0.05) is 6.54 Å². The first-order valence-electron chi connectivity index (χ1n) is 4.76. The highest BCUT2D eigenvalue weighted by molar-refractivity contribution is 5.27. The fourth-order valence-corrected chi connectivity index (χ4v) is 1.80. The zero-order valence-electron chi connectivity index (χ0n) is 8.12. The second-order valence-corrected chi connectivity index (χ2v) is 3.65. The standard InChI is InChI=1S/C11H13N3/c1-8-3-2-4-9(5-8)11-10(6-12)7-13-14-11/h2-5,10-11,13-14H,7H2,1H3. The third-order valence-corrected chi connectivity index (χ3v) is 2.55. The Morgan fingerprint density at radius 2 is 2.36 bits per heavy atom. The highest BCUT2D eigenvalue weighted by atomic mass is 15.4. The zero-order chi connectivity index (χ0) is 9.97. The lowest BCUT2D eigenvalue weighted by molar-refractivity contribution is 0.545. The third-order valence-electron chi connectivity index (χ3n) is 2.55. The summed E-state index contributed by atoms with van der Waals surface area (Å²) < 4.78 is 0. The van der Waals surface area contributed by atoms with Crippen molar-refractivity contribution >= 4 is 0 Å². The van der Waals surface area contributed by atoms with Crippen molar-refractivity contribution in [3.63, 3.8) is 0 Å². The Balaban J connectivity index is 2.27. The maximum atomic E-state index is 8.94. The number of nitriles is 1. The summed E-state index contributed by atoms with van der Waals surface area (Å²) in [4.78, 5) is 0. The molecule has 1 aromatic rings. The molecular formula is C11H13N3. The molecule has 0 bridgehead atoms. The lowest BCUT2D eigenvalue weighted by Gasteiger charge is -2.13. The van der Waals surface area contributed by atoms with E-state index in [1.54, 1.807) is 0 Å². The summed E-state index contributed by atoms with van der Waals surface area (Å²) in [5, 5.41) is 8.94. The normalized spacial score (nSPS) is 26.0. The van der Waals surface area contributed by atoms with Gasteiger partial charge in [-0.05, 0) is 12.5 Å². The lowest BCUT2D eigenvalue weighted by Crippen LogP contribution is -2.24. The molecule has 0 saturated carbocycles. The largest absolute Gasteiger partial charge is 0.256 e. The molecule has 1 fully saturated rings. The van der Waals surface area contributed by atoms with Crippen LogP contribution in [-0.2, 0) is 0 Å². The number of hydrogen-bond acceptors (Lipinski definition) is 3. The minimum Gasteiger partial charge on any atom is -0.256 e. The van der Waals surface area contributed by atoms with Crippen molar-refractivity contribution in [1.29, 1.82) is 5.26 Å². The molecule has 0 radical (unpaired) electrons. The smallest absolute Gasteiger partial charge is 0.0809 e. The maximum Gasteiger partial charge on any atom is 0.0809 e. The summed E-state index contributed by atoms with van der Waals surface area (Å²) in [6.07, 6.45) is 0. The number of hydrogen-bond donors (Lipinski definition) is 2. The molecule has 2 N–H and O–H groups in total. The van der Waals surface area contributed by atoms with E-state index in [1.807, 2.05) is 6.07 Å². The number of aryl methyl sites for hydroxylation is 1. The van der Waals surface area contributed by atoms with Gasteiger partial charge in [-0.1, -0.05) is 29.8 Å². The predicted octanol–water partition coefficient (Wildman–Crippen LogP) is 1.28. The van der Waals surface area contributed by atoms with E-state index in [0.29, 0.717) is 0 Å². The molecule has 1 saturated heterocycles. The van der Waals surface area contributed by atoms with Gasteiger partial charge in [-0.3, -0.25) is 5.43 Å². The summed E-state index contributed by atoms with van der Waals surface area (Å²) in [5.74, 6) is 0.0248. The lowest BCUT2D eigenvalue weighted by atomic mass is 9.95. The molecule has 1 aliphatic rings. The van der Waals surface area contributed by atoms with Gasteiger partial charge in [0.25, 0.3) is 0 Å². The Bertz CT molecular complexity index is 367. The Hall–Kier alpha value is -1.37. The van der Waals surface area contributed by atoms with Gasteiger partial charge in [-0.2, -0.15) is 5.26 Å². The van der Waals surface area contributed by atoms with E-state index in [-0.39, 0.29) is 12.0 Å². The molecule has 2 atom stereocenters. The molecule has 0 amide bonds. The van der Waals surface area contributed by atoms with E-state index in [9.17, 15) is 0 Å². The summed E-state index contributed by atoms with van der Waals surface area (Å²) in [6.45, 7) is 2.78. The van der Waals surface area contributed by atoms with Gasteiger partial charge in [0.2, 0.25) is 0 Å². The van der Waals surface area contributed by atoms with Crippen molar-refractivity contribution in [3.8, 4) is 6.07 Å². The van der Waals surface area contributed by atoms with Gasteiger partial charge >= 0.3 is 0 Å². The minimum absolute atomic E-state index is 0.0248. The van der Waals surface area contributed by atoms with Crippen molar-refractivity contribution < 1.29 is 0 Å². The number of hydrazine groups is 1. The summed E-state index contributed by atoms with van der Waals surface area (Å²) in [7, 11) is 0. The van der Waals surface area contributed by atoms with E-state index in [2.05, 4.69) is 42.0 Å². The molecular weight excluding hydrogens is 174 g/mol. The molecule has 3 heteroatoms. The molecule has 0 aliphatic carbocycles. The van der Waals surface area contributed by atoms with Crippen LogP contribution in [0.25, 0.3) is 0 Å². The predicted molar refractivity (Wildman–Crippen MR) is 54.2 cm³/mol. The highest BCUT2D eigenvalue weighted by Gasteiger charge is 2.27. The summed E-state index contributed by atoms with van der Waals surface area (Å²) >= 11 is 0. The summed E-state index contributed by atoms with van der Waals surface area (Å²) in [6, 6.07) is 10.7. The number of rotatable bonds is 1. The minimum atomic E-state index is 0.0248. The van der Waals surface area contributed by atoms with Gasteiger partial charge in [0.15, 0.2) is 0 Å². The van der Waals surface area contributed by atoms with Gasteiger partial charge < -0.3 is 0 Å². The molecule has 1 aliphatic heterocycles. The number of benzene rings is 1. The van der Waals surface area contributed by atoms with Gasteiger partial charge in [-0.25, -0.2) is 5.43 Å². The van der Waals surface area contributed by atoms with E-state index < -0.39 is 0 Å². The first kappa shape index (κ1) is 9.20. The first-order chi connectivity index (χ1) is 6.81. The Labute approximate surface area is 83.7 Å². The fourth-order valence-electron chi connectivity index (χ4n) is 1.80.